The third-order valence-electron chi connectivity index (χ3n) is 7.05. The Kier molecular flexibility index (Phi) is 6.24. The molecular weight excluding hydrogens is 436 g/mol. The molecule has 3 aliphatic rings. The zero-order valence-corrected chi connectivity index (χ0v) is 18.7. The average Bonchev–Trinajstić information content (AvgIpc) is 3.36. The summed E-state index contributed by atoms with van der Waals surface area (Å²) in [6, 6.07) is 16.3. The van der Waals surface area contributed by atoms with Gasteiger partial charge in [0.25, 0.3) is 0 Å². The second kappa shape index (κ2) is 9.46. The van der Waals surface area contributed by atoms with Gasteiger partial charge in [-0.1, -0.05) is 48.5 Å². The molecule has 1 aliphatic heterocycles. The van der Waals surface area contributed by atoms with E-state index in [1.165, 1.54) is 11.1 Å². The number of amides is 2. The van der Waals surface area contributed by atoms with E-state index >= 15 is 0 Å². The van der Waals surface area contributed by atoms with Crippen LogP contribution >= 0.6 is 0 Å². The first kappa shape index (κ1) is 22.4. The van der Waals surface area contributed by atoms with Gasteiger partial charge in [0.15, 0.2) is 0 Å². The summed E-state index contributed by atoms with van der Waals surface area (Å²) in [5, 5.41) is 14.5. The van der Waals surface area contributed by atoms with Crippen molar-refractivity contribution in [2.45, 2.75) is 24.9 Å². The van der Waals surface area contributed by atoms with Crippen molar-refractivity contribution in [1.82, 2.24) is 10.6 Å². The van der Waals surface area contributed by atoms with E-state index in [1.807, 2.05) is 24.3 Å². The zero-order chi connectivity index (χ0) is 23.7. The number of ether oxygens (including phenoxy) is 2. The van der Waals surface area contributed by atoms with Crippen LogP contribution in [0.5, 0.6) is 0 Å². The number of rotatable bonds is 8. The molecule has 2 unspecified atom stereocenters. The number of nitrogens with one attached hydrogen (secondary N) is 2. The molecule has 0 radical (unpaired) electrons. The molecule has 4 atom stereocenters. The molecule has 1 saturated carbocycles. The highest BCUT2D eigenvalue weighted by atomic mass is 16.5. The second-order valence-corrected chi connectivity index (χ2v) is 9.28. The smallest absolute Gasteiger partial charge is 0.407 e. The van der Waals surface area contributed by atoms with Gasteiger partial charge < -0.3 is 25.2 Å². The van der Waals surface area contributed by atoms with Crippen LogP contribution in [0.1, 0.15) is 29.9 Å². The number of hydrogen-bond acceptors (Lipinski definition) is 5. The molecule has 2 aromatic rings. The normalized spacial score (nSPS) is 24.7. The number of carbonyl (C=O) groups excluding carboxylic acids is 2. The molecule has 2 amide bonds. The molecule has 1 heterocycles. The Morgan fingerprint density at radius 1 is 0.941 bits per heavy atom. The van der Waals surface area contributed by atoms with Crippen LogP contribution < -0.4 is 10.6 Å². The van der Waals surface area contributed by atoms with Crippen molar-refractivity contribution in [3.05, 3.63) is 59.7 Å². The summed E-state index contributed by atoms with van der Waals surface area (Å²) in [6.07, 6.45) is 0.349. The summed E-state index contributed by atoms with van der Waals surface area (Å²) in [5.41, 5.74) is 4.67. The van der Waals surface area contributed by atoms with Crippen LogP contribution in [0, 0.1) is 17.8 Å². The van der Waals surface area contributed by atoms with Crippen LogP contribution in [-0.4, -0.2) is 55.5 Å². The highest BCUT2D eigenvalue weighted by molar-refractivity contribution is 5.80. The number of benzene rings is 2. The Morgan fingerprint density at radius 3 is 2.26 bits per heavy atom. The Balaban J connectivity index is 1.05. The second-order valence-electron chi connectivity index (χ2n) is 9.28. The number of carboxylic acids is 1. The maximum Gasteiger partial charge on any atom is 0.407 e. The van der Waals surface area contributed by atoms with Gasteiger partial charge in [0.05, 0.1) is 24.5 Å². The highest BCUT2D eigenvalue weighted by Crippen LogP contribution is 2.44. The molecule has 178 valence electrons. The lowest BCUT2D eigenvalue weighted by molar-refractivity contribution is -0.139. The topological polar surface area (TPSA) is 114 Å². The Morgan fingerprint density at radius 2 is 1.62 bits per heavy atom. The minimum absolute atomic E-state index is 0.00106. The van der Waals surface area contributed by atoms with Crippen LogP contribution in [0.2, 0.25) is 0 Å². The molecule has 2 aromatic carbocycles. The molecule has 0 bridgehead atoms. The monoisotopic (exact) mass is 464 g/mol. The molecule has 8 nitrogen and oxygen atoms in total. The average molecular weight is 465 g/mol. The third kappa shape index (κ3) is 4.63. The van der Waals surface area contributed by atoms with Gasteiger partial charge in [-0.3, -0.25) is 9.59 Å². The first-order valence-corrected chi connectivity index (χ1v) is 11.7. The van der Waals surface area contributed by atoms with E-state index < -0.39 is 12.1 Å². The molecule has 8 heteroatoms. The summed E-state index contributed by atoms with van der Waals surface area (Å²) in [6.45, 7) is 1.18. The molecular formula is C26H28N2O6. The van der Waals surface area contributed by atoms with Crippen LogP contribution in [0.25, 0.3) is 11.1 Å². The van der Waals surface area contributed by atoms with Crippen molar-refractivity contribution >= 4 is 18.0 Å². The summed E-state index contributed by atoms with van der Waals surface area (Å²) < 4.78 is 11.2. The number of fused-ring (bicyclic) bond motifs is 3. The van der Waals surface area contributed by atoms with Crippen LogP contribution in [-0.2, 0) is 19.1 Å². The maximum atomic E-state index is 12.3. The van der Waals surface area contributed by atoms with Gasteiger partial charge in [0, 0.05) is 19.0 Å². The first-order valence-electron chi connectivity index (χ1n) is 11.7. The molecule has 1 saturated heterocycles. The number of carbonyl (C=O) groups is 3. The molecule has 5 rings (SSSR count). The van der Waals surface area contributed by atoms with Crippen LogP contribution in [0.3, 0.4) is 0 Å². The lowest BCUT2D eigenvalue weighted by Gasteiger charge is -2.15. The van der Waals surface area contributed by atoms with Crippen molar-refractivity contribution in [3.8, 4) is 11.1 Å². The van der Waals surface area contributed by atoms with Gasteiger partial charge in [0.1, 0.15) is 6.61 Å². The Labute approximate surface area is 197 Å². The van der Waals surface area contributed by atoms with E-state index in [0.29, 0.717) is 19.4 Å². The molecule has 0 spiro atoms. The molecule has 2 fully saturated rings. The van der Waals surface area contributed by atoms with Crippen LogP contribution in [0.4, 0.5) is 4.79 Å². The summed E-state index contributed by atoms with van der Waals surface area (Å²) in [7, 11) is 0. The quantitative estimate of drug-likeness (QED) is 0.554. The SMILES string of the molecule is O=C(NCC1CC(C(=O)NC[C@@H]2C[C@@H]2C(=O)O)CO1)OCC1c2ccccc2-c2ccccc21. The highest BCUT2D eigenvalue weighted by Gasteiger charge is 2.43. The van der Waals surface area contributed by atoms with Gasteiger partial charge in [-0.05, 0) is 41.0 Å². The lowest BCUT2D eigenvalue weighted by Crippen LogP contribution is -2.34. The van der Waals surface area contributed by atoms with Gasteiger partial charge in [-0.15, -0.1) is 0 Å². The number of aliphatic carboxylic acids is 1. The standard InChI is InChI=1S/C26H28N2O6/c29-24(27-11-15-10-22(15)25(30)31)16-9-17(33-13-16)12-28-26(32)34-14-23-20-7-3-1-5-18(20)19-6-2-4-8-21(19)23/h1-8,15-17,22-23H,9-14H2,(H,27,29)(H,28,32)(H,30,31)/t15-,16?,17?,22-/m0/s1. The predicted octanol–water partition coefficient (Wildman–Crippen LogP) is 2.77. The van der Waals surface area contributed by atoms with Crippen molar-refractivity contribution in [2.24, 2.45) is 17.8 Å². The van der Waals surface area contributed by atoms with Crippen LogP contribution in [0.15, 0.2) is 48.5 Å². The number of alkyl carbamates (subject to hydrolysis) is 1. The van der Waals surface area contributed by atoms with E-state index in [9.17, 15) is 14.4 Å². The van der Waals surface area contributed by atoms with Gasteiger partial charge >= 0.3 is 12.1 Å². The Bertz CT molecular complexity index is 1060. The minimum Gasteiger partial charge on any atom is -0.481 e. The van der Waals surface area contributed by atoms with Crippen molar-refractivity contribution in [3.63, 3.8) is 0 Å². The predicted molar refractivity (Wildman–Crippen MR) is 123 cm³/mol. The van der Waals surface area contributed by atoms with Crippen molar-refractivity contribution in [2.75, 3.05) is 26.3 Å². The zero-order valence-electron chi connectivity index (χ0n) is 18.7. The molecule has 0 aromatic heterocycles. The van der Waals surface area contributed by atoms with E-state index in [0.717, 1.165) is 11.1 Å². The van der Waals surface area contributed by atoms with E-state index in [4.69, 9.17) is 14.6 Å². The first-order chi connectivity index (χ1) is 16.5. The lowest BCUT2D eigenvalue weighted by atomic mass is 9.98. The van der Waals surface area contributed by atoms with Gasteiger partial charge in [-0.2, -0.15) is 0 Å². The minimum atomic E-state index is -0.803. The summed E-state index contributed by atoms with van der Waals surface area (Å²) in [5.74, 6) is -1.54. The van der Waals surface area contributed by atoms with E-state index in [1.54, 1.807) is 0 Å². The fourth-order valence-corrected chi connectivity index (χ4v) is 5.03. The fourth-order valence-electron chi connectivity index (χ4n) is 5.03. The van der Waals surface area contributed by atoms with Crippen molar-refractivity contribution in [1.29, 1.82) is 0 Å². The largest absolute Gasteiger partial charge is 0.481 e. The number of carboxylic acid groups (broad SMARTS) is 1. The van der Waals surface area contributed by atoms with E-state index in [2.05, 4.69) is 34.9 Å². The van der Waals surface area contributed by atoms with Crippen molar-refractivity contribution < 1.29 is 29.0 Å². The number of hydrogen-bond donors (Lipinski definition) is 3. The van der Waals surface area contributed by atoms with Gasteiger partial charge in [-0.25, -0.2) is 4.79 Å². The van der Waals surface area contributed by atoms with E-state index in [-0.39, 0.29) is 55.4 Å². The third-order valence-corrected chi connectivity index (χ3v) is 7.05. The molecule has 2 aliphatic carbocycles. The summed E-state index contributed by atoms with van der Waals surface area (Å²) >= 11 is 0. The fraction of sp³-hybridized carbons (Fsp3) is 0.423. The van der Waals surface area contributed by atoms with Gasteiger partial charge in [0.2, 0.25) is 5.91 Å². The molecule has 34 heavy (non-hydrogen) atoms. The molecule has 3 N–H and O–H groups in total. The Hall–Kier alpha value is -3.39. The summed E-state index contributed by atoms with van der Waals surface area (Å²) in [4.78, 5) is 35.6. The maximum absolute atomic E-state index is 12.3.